The van der Waals surface area contributed by atoms with E-state index in [1.165, 1.54) is 0 Å². The van der Waals surface area contributed by atoms with Crippen LogP contribution in [-0.2, 0) is 0 Å². The molecule has 1 fully saturated rings. The average molecular weight is 301 g/mol. The second kappa shape index (κ2) is 6.58. The van der Waals surface area contributed by atoms with Gasteiger partial charge in [-0.2, -0.15) is 11.8 Å². The van der Waals surface area contributed by atoms with E-state index < -0.39 is 0 Å². The van der Waals surface area contributed by atoms with Crippen molar-refractivity contribution in [2.75, 3.05) is 16.8 Å². The highest BCUT2D eigenvalue weighted by Crippen LogP contribution is 2.22. The molecule has 21 heavy (non-hydrogen) atoms. The van der Waals surface area contributed by atoms with Gasteiger partial charge < -0.3 is 10.1 Å². The third-order valence-electron chi connectivity index (χ3n) is 3.09. The van der Waals surface area contributed by atoms with Gasteiger partial charge in [-0.05, 0) is 30.4 Å². The highest BCUT2D eigenvalue weighted by molar-refractivity contribution is 7.99. The van der Waals surface area contributed by atoms with Gasteiger partial charge in [0.15, 0.2) is 0 Å². The number of nitrogens with zero attached hydrogens (tertiary/aromatic N) is 2. The molecular weight excluding hydrogens is 286 g/mol. The van der Waals surface area contributed by atoms with Crippen molar-refractivity contribution in [2.24, 2.45) is 0 Å². The van der Waals surface area contributed by atoms with Crippen LogP contribution in [0.4, 0.5) is 5.69 Å². The van der Waals surface area contributed by atoms with Crippen LogP contribution >= 0.6 is 11.8 Å². The van der Waals surface area contributed by atoms with Crippen LogP contribution in [-0.4, -0.2) is 33.5 Å². The first-order valence-electron chi connectivity index (χ1n) is 6.73. The summed E-state index contributed by atoms with van der Waals surface area (Å²) < 4.78 is 5.79. The van der Waals surface area contributed by atoms with Gasteiger partial charge in [0, 0.05) is 29.8 Å². The summed E-state index contributed by atoms with van der Waals surface area (Å²) in [4.78, 5) is 20.3. The zero-order chi connectivity index (χ0) is 14.5. The third kappa shape index (κ3) is 3.72. The number of hydrogen-bond acceptors (Lipinski definition) is 5. The zero-order valence-electron chi connectivity index (χ0n) is 11.4. The van der Waals surface area contributed by atoms with Crippen LogP contribution in [0.2, 0.25) is 0 Å². The molecule has 0 spiro atoms. The molecule has 0 radical (unpaired) electrons. The monoisotopic (exact) mass is 301 g/mol. The van der Waals surface area contributed by atoms with E-state index in [0.717, 1.165) is 17.9 Å². The van der Waals surface area contributed by atoms with Gasteiger partial charge in [0.1, 0.15) is 6.10 Å². The molecule has 1 saturated heterocycles. The van der Waals surface area contributed by atoms with Crippen LogP contribution in [0.3, 0.4) is 0 Å². The van der Waals surface area contributed by atoms with E-state index in [4.69, 9.17) is 4.74 Å². The molecule has 3 rings (SSSR count). The smallest absolute Gasteiger partial charge is 0.255 e. The average Bonchev–Trinajstić information content (AvgIpc) is 3.01. The number of thioether (sulfide) groups is 1. The predicted octanol–water partition coefficient (Wildman–Crippen LogP) is 2.61. The van der Waals surface area contributed by atoms with Gasteiger partial charge >= 0.3 is 0 Å². The lowest BCUT2D eigenvalue weighted by molar-refractivity contribution is 0.102. The van der Waals surface area contributed by atoms with Crippen LogP contribution < -0.4 is 10.1 Å². The fourth-order valence-electron chi connectivity index (χ4n) is 2.03. The highest BCUT2D eigenvalue weighted by Gasteiger charge is 2.18. The highest BCUT2D eigenvalue weighted by atomic mass is 32.2. The summed E-state index contributed by atoms with van der Waals surface area (Å²) in [6, 6.07) is 6.91. The van der Waals surface area contributed by atoms with Gasteiger partial charge in [0.2, 0.25) is 5.88 Å². The van der Waals surface area contributed by atoms with Crippen molar-refractivity contribution in [3.05, 3.63) is 48.4 Å². The second-order valence-electron chi connectivity index (χ2n) is 4.68. The fourth-order valence-corrected chi connectivity index (χ4v) is 3.13. The normalized spacial score (nSPS) is 17.4. The maximum Gasteiger partial charge on any atom is 0.255 e. The number of rotatable bonds is 4. The topological polar surface area (TPSA) is 64.1 Å². The number of ether oxygens (including phenoxy) is 1. The molecule has 2 aromatic rings. The Morgan fingerprint density at radius 1 is 1.38 bits per heavy atom. The van der Waals surface area contributed by atoms with Crippen molar-refractivity contribution in [2.45, 2.75) is 12.5 Å². The molecule has 1 aliphatic rings. The van der Waals surface area contributed by atoms with Crippen molar-refractivity contribution in [1.82, 2.24) is 9.97 Å². The number of amides is 1. The SMILES string of the molecule is O=C(Nc1cccnc1)c1ccnc(OC2CCSC2)c1. The molecular formula is C15H15N3O2S. The van der Waals surface area contributed by atoms with Gasteiger partial charge in [0.25, 0.3) is 5.91 Å². The molecule has 1 N–H and O–H groups in total. The van der Waals surface area contributed by atoms with Crippen molar-refractivity contribution < 1.29 is 9.53 Å². The van der Waals surface area contributed by atoms with Crippen LogP contribution in [0.5, 0.6) is 5.88 Å². The Bertz CT molecular complexity index is 615. The molecule has 3 heterocycles. The summed E-state index contributed by atoms with van der Waals surface area (Å²) in [5.74, 6) is 2.40. The standard InChI is InChI=1S/C15H15N3O2S/c19-15(18-12-2-1-5-16-9-12)11-3-6-17-14(8-11)20-13-4-7-21-10-13/h1-3,5-6,8-9,13H,4,7,10H2,(H,18,19). The van der Waals surface area contributed by atoms with E-state index in [1.807, 2.05) is 11.8 Å². The summed E-state index contributed by atoms with van der Waals surface area (Å²) >= 11 is 1.87. The van der Waals surface area contributed by atoms with Gasteiger partial charge in [-0.3, -0.25) is 9.78 Å². The van der Waals surface area contributed by atoms with Gasteiger partial charge in [0.05, 0.1) is 11.9 Å². The second-order valence-corrected chi connectivity index (χ2v) is 5.83. The summed E-state index contributed by atoms with van der Waals surface area (Å²) in [6.07, 6.45) is 6.08. The predicted molar refractivity (Wildman–Crippen MR) is 82.8 cm³/mol. The van der Waals surface area contributed by atoms with Crippen LogP contribution in [0.25, 0.3) is 0 Å². The molecule has 2 aromatic heterocycles. The molecule has 1 unspecified atom stereocenters. The van der Waals surface area contributed by atoms with E-state index in [2.05, 4.69) is 15.3 Å². The lowest BCUT2D eigenvalue weighted by Gasteiger charge is -2.12. The molecule has 6 heteroatoms. The van der Waals surface area contributed by atoms with E-state index in [1.54, 1.807) is 42.9 Å². The quantitative estimate of drug-likeness (QED) is 0.940. The zero-order valence-corrected chi connectivity index (χ0v) is 12.2. The summed E-state index contributed by atoms with van der Waals surface area (Å²) in [6.45, 7) is 0. The molecule has 0 bridgehead atoms. The maximum atomic E-state index is 12.2. The first-order chi connectivity index (χ1) is 10.3. The Hall–Kier alpha value is -2.08. The van der Waals surface area contributed by atoms with Crippen molar-refractivity contribution in [1.29, 1.82) is 0 Å². The summed E-state index contributed by atoms with van der Waals surface area (Å²) in [5, 5.41) is 2.79. The molecule has 1 aliphatic heterocycles. The van der Waals surface area contributed by atoms with Crippen LogP contribution in [0.15, 0.2) is 42.9 Å². The van der Waals surface area contributed by atoms with Crippen LogP contribution in [0.1, 0.15) is 16.8 Å². The Kier molecular flexibility index (Phi) is 4.35. The van der Waals surface area contributed by atoms with Gasteiger partial charge in [-0.25, -0.2) is 4.98 Å². The molecule has 0 aromatic carbocycles. The van der Waals surface area contributed by atoms with E-state index >= 15 is 0 Å². The minimum atomic E-state index is -0.198. The number of pyridine rings is 2. The van der Waals surface area contributed by atoms with E-state index in [9.17, 15) is 4.79 Å². The molecule has 0 aliphatic carbocycles. The van der Waals surface area contributed by atoms with Crippen molar-refractivity contribution >= 4 is 23.4 Å². The molecule has 0 saturated carbocycles. The summed E-state index contributed by atoms with van der Waals surface area (Å²) in [7, 11) is 0. The first kappa shape index (κ1) is 13.9. The minimum Gasteiger partial charge on any atom is -0.473 e. The Morgan fingerprint density at radius 2 is 2.33 bits per heavy atom. The fraction of sp³-hybridized carbons (Fsp3) is 0.267. The minimum absolute atomic E-state index is 0.194. The van der Waals surface area contributed by atoms with Crippen molar-refractivity contribution in [3.8, 4) is 5.88 Å². The molecule has 5 nitrogen and oxygen atoms in total. The van der Waals surface area contributed by atoms with Crippen LogP contribution in [0, 0.1) is 0 Å². The Morgan fingerprint density at radius 3 is 3.10 bits per heavy atom. The number of carbonyl (C=O) groups is 1. The molecule has 108 valence electrons. The molecule has 1 atom stereocenters. The number of hydrogen-bond donors (Lipinski definition) is 1. The van der Waals surface area contributed by atoms with Crippen molar-refractivity contribution in [3.63, 3.8) is 0 Å². The largest absolute Gasteiger partial charge is 0.473 e. The van der Waals surface area contributed by atoms with Gasteiger partial charge in [-0.15, -0.1) is 0 Å². The maximum absolute atomic E-state index is 12.2. The van der Waals surface area contributed by atoms with E-state index in [0.29, 0.717) is 17.1 Å². The lowest BCUT2D eigenvalue weighted by Crippen LogP contribution is -2.17. The number of nitrogens with one attached hydrogen (secondary N) is 1. The number of carbonyl (C=O) groups excluding carboxylic acids is 1. The summed E-state index contributed by atoms with van der Waals surface area (Å²) in [5.41, 5.74) is 1.18. The lowest BCUT2D eigenvalue weighted by atomic mass is 10.2. The Balaban J connectivity index is 1.68. The van der Waals surface area contributed by atoms with E-state index in [-0.39, 0.29) is 12.0 Å². The van der Waals surface area contributed by atoms with Gasteiger partial charge in [-0.1, -0.05) is 0 Å². The third-order valence-corrected chi connectivity index (χ3v) is 4.22. The number of aromatic nitrogens is 2. The first-order valence-corrected chi connectivity index (χ1v) is 7.88. The Labute approximate surface area is 127 Å². The molecule has 1 amide bonds. The number of anilines is 1.